The predicted octanol–water partition coefficient (Wildman–Crippen LogP) is 6.38. The normalized spacial score (nSPS) is 14.4. The van der Waals surface area contributed by atoms with Crippen LogP contribution in [0.2, 0.25) is 0 Å². The molecule has 0 radical (unpaired) electrons. The van der Waals surface area contributed by atoms with Gasteiger partial charge in [0.2, 0.25) is 0 Å². The van der Waals surface area contributed by atoms with E-state index in [2.05, 4.69) is 11.4 Å². The molecule has 11 heteroatoms. The second-order valence-electron chi connectivity index (χ2n) is 10.5. The van der Waals surface area contributed by atoms with Gasteiger partial charge in [0.05, 0.1) is 26.4 Å². The molecule has 3 unspecified atom stereocenters. The second kappa shape index (κ2) is 26.8. The number of carbonyl (C=O) groups is 2. The molecule has 0 fully saturated rings. The van der Waals surface area contributed by atoms with Crippen LogP contribution in [0.25, 0.3) is 0 Å². The van der Waals surface area contributed by atoms with E-state index in [1.165, 1.54) is 89.9 Å². The number of aliphatic hydroxyl groups is 2. The molecule has 0 aliphatic carbocycles. The molecule has 0 rings (SSSR count). The Balaban J connectivity index is 3.70. The molecule has 0 aliphatic heterocycles. The number of carbonyl (C=O) groups excluding carboxylic acids is 2. The molecule has 0 spiro atoms. The minimum Gasteiger partial charge on any atom is -0.458 e. The van der Waals surface area contributed by atoms with Crippen LogP contribution < -0.4 is 0 Å². The molecule has 3 atom stereocenters. The molecular weight excluding hydrogens is 539 g/mol. The topological polar surface area (TPSA) is 149 Å². The van der Waals surface area contributed by atoms with Crippen molar-refractivity contribution in [3.63, 3.8) is 0 Å². The van der Waals surface area contributed by atoms with E-state index >= 15 is 0 Å². The van der Waals surface area contributed by atoms with Crippen LogP contribution in [-0.4, -0.2) is 65.7 Å². The zero-order chi connectivity index (χ0) is 29.9. The molecule has 0 saturated heterocycles. The molecule has 0 amide bonds. The average molecular weight is 597 g/mol. The highest BCUT2D eigenvalue weighted by Gasteiger charge is 2.27. The van der Waals surface area contributed by atoms with Crippen molar-refractivity contribution in [3.8, 4) is 0 Å². The van der Waals surface area contributed by atoms with Gasteiger partial charge in [0.1, 0.15) is 12.2 Å². The Morgan fingerprint density at radius 2 is 0.975 bits per heavy atom. The number of hydrogen-bond donors (Lipinski definition) is 3. The number of hydrogen-bond acceptors (Lipinski definition) is 9. The van der Waals surface area contributed by atoms with Crippen LogP contribution in [-0.2, 0) is 32.7 Å². The number of phosphoric ester groups is 1. The van der Waals surface area contributed by atoms with Gasteiger partial charge in [-0.1, -0.05) is 116 Å². The van der Waals surface area contributed by atoms with Crippen molar-refractivity contribution in [1.82, 2.24) is 0 Å². The van der Waals surface area contributed by atoms with Crippen LogP contribution in [0.3, 0.4) is 0 Å². The highest BCUT2D eigenvalue weighted by Crippen LogP contribution is 2.43. The molecule has 40 heavy (non-hydrogen) atoms. The third-order valence-electron chi connectivity index (χ3n) is 6.62. The largest absolute Gasteiger partial charge is 0.472 e. The minimum atomic E-state index is -4.58. The molecule has 3 N–H and O–H groups in total. The van der Waals surface area contributed by atoms with Gasteiger partial charge >= 0.3 is 19.8 Å². The Bertz CT molecular complexity index is 661. The van der Waals surface area contributed by atoms with E-state index in [9.17, 15) is 24.2 Å². The second-order valence-corrected chi connectivity index (χ2v) is 12.0. The van der Waals surface area contributed by atoms with E-state index in [4.69, 9.17) is 19.1 Å². The molecule has 10 nitrogen and oxygen atoms in total. The van der Waals surface area contributed by atoms with E-state index in [0.29, 0.717) is 6.42 Å². The number of phosphoric acid groups is 1. The maximum atomic E-state index is 12.0. The zero-order valence-corrected chi connectivity index (χ0v) is 26.0. The maximum absolute atomic E-state index is 12.0. The van der Waals surface area contributed by atoms with Gasteiger partial charge in [0, 0.05) is 13.3 Å². The lowest BCUT2D eigenvalue weighted by Gasteiger charge is -2.20. The van der Waals surface area contributed by atoms with Crippen molar-refractivity contribution in [1.29, 1.82) is 0 Å². The average Bonchev–Trinajstić information content (AvgIpc) is 2.92. The minimum absolute atomic E-state index is 0.198. The molecule has 0 bridgehead atoms. The summed E-state index contributed by atoms with van der Waals surface area (Å²) in [4.78, 5) is 32.7. The summed E-state index contributed by atoms with van der Waals surface area (Å²) in [5, 5.41) is 18.5. The van der Waals surface area contributed by atoms with E-state index in [1.807, 2.05) is 0 Å². The lowest BCUT2D eigenvalue weighted by atomic mass is 10.0. The Kier molecular flexibility index (Phi) is 26.2. The molecule has 0 heterocycles. The number of ether oxygens (including phenoxy) is 2. The summed E-state index contributed by atoms with van der Waals surface area (Å²) < 4.78 is 31.2. The third kappa shape index (κ3) is 25.9. The van der Waals surface area contributed by atoms with Crippen molar-refractivity contribution in [2.45, 2.75) is 148 Å². The van der Waals surface area contributed by atoms with Crippen LogP contribution >= 0.6 is 7.82 Å². The van der Waals surface area contributed by atoms with Gasteiger partial charge < -0.3 is 24.6 Å². The van der Waals surface area contributed by atoms with Gasteiger partial charge in [0.25, 0.3) is 0 Å². The first kappa shape index (κ1) is 39.0. The first-order chi connectivity index (χ1) is 19.2. The zero-order valence-electron chi connectivity index (χ0n) is 25.1. The number of aliphatic hydroxyl groups excluding tert-OH is 2. The fraction of sp³-hybridized carbons (Fsp3) is 0.931. The summed E-state index contributed by atoms with van der Waals surface area (Å²) in [7, 11) is -4.58. The Labute approximate surface area is 242 Å². The number of unbranched alkanes of at least 4 members (excludes halogenated alkanes) is 17. The van der Waals surface area contributed by atoms with E-state index in [1.54, 1.807) is 0 Å². The van der Waals surface area contributed by atoms with E-state index < -0.39 is 58.4 Å². The van der Waals surface area contributed by atoms with Crippen LogP contribution in [0.15, 0.2) is 0 Å². The SMILES string of the molecule is CCCCCCCCCCCCCCCCCCCCC(=O)OC(CO)COP(=O)(O)OCC(CO)OC(C)=O. The highest BCUT2D eigenvalue weighted by molar-refractivity contribution is 7.47. The summed E-state index contributed by atoms with van der Waals surface area (Å²) in [6, 6.07) is 0. The predicted molar refractivity (Wildman–Crippen MR) is 155 cm³/mol. The fourth-order valence-corrected chi connectivity index (χ4v) is 5.07. The van der Waals surface area contributed by atoms with E-state index in [0.717, 1.165) is 26.2 Å². The van der Waals surface area contributed by atoms with Crippen molar-refractivity contribution in [2.75, 3.05) is 26.4 Å². The van der Waals surface area contributed by atoms with Gasteiger partial charge in [0.15, 0.2) is 0 Å². The van der Waals surface area contributed by atoms with Crippen molar-refractivity contribution >= 4 is 19.8 Å². The highest BCUT2D eigenvalue weighted by atomic mass is 31.2. The Hall–Kier alpha value is -1.03. The van der Waals surface area contributed by atoms with Crippen LogP contribution in [0.1, 0.15) is 136 Å². The van der Waals surface area contributed by atoms with Crippen LogP contribution in [0.4, 0.5) is 0 Å². The summed E-state index contributed by atoms with van der Waals surface area (Å²) in [5.74, 6) is -1.19. The van der Waals surface area contributed by atoms with Crippen molar-refractivity contribution < 1.29 is 47.8 Å². The Morgan fingerprint density at radius 1 is 0.625 bits per heavy atom. The van der Waals surface area contributed by atoms with Gasteiger partial charge in [-0.05, 0) is 6.42 Å². The lowest BCUT2D eigenvalue weighted by Crippen LogP contribution is -2.28. The lowest BCUT2D eigenvalue weighted by molar-refractivity contribution is -0.153. The van der Waals surface area contributed by atoms with Gasteiger partial charge in [-0.2, -0.15) is 0 Å². The first-order valence-electron chi connectivity index (χ1n) is 15.4. The molecule has 0 saturated carbocycles. The molecule has 238 valence electrons. The van der Waals surface area contributed by atoms with Crippen LogP contribution in [0.5, 0.6) is 0 Å². The summed E-state index contributed by atoms with van der Waals surface area (Å²) in [5.41, 5.74) is 0. The van der Waals surface area contributed by atoms with Gasteiger partial charge in [-0.3, -0.25) is 18.6 Å². The van der Waals surface area contributed by atoms with Crippen LogP contribution in [0, 0.1) is 0 Å². The van der Waals surface area contributed by atoms with Gasteiger partial charge in [-0.25, -0.2) is 4.57 Å². The van der Waals surface area contributed by atoms with Gasteiger partial charge in [-0.15, -0.1) is 0 Å². The molecular formula is C29H57O10P. The fourth-order valence-electron chi connectivity index (χ4n) is 4.29. The summed E-state index contributed by atoms with van der Waals surface area (Å²) in [6.07, 6.45) is 20.7. The van der Waals surface area contributed by atoms with E-state index in [-0.39, 0.29) is 6.42 Å². The number of esters is 2. The molecule has 0 aromatic rings. The smallest absolute Gasteiger partial charge is 0.458 e. The standard InChI is InChI=1S/C29H57O10P/c1-3-4-5-6-7-8-9-10-11-12-13-14-15-16-17-18-19-20-21-29(33)39-28(23-31)25-37-40(34,35)36-24-27(22-30)38-26(2)32/h27-28,30-31H,3-25H2,1-2H3,(H,34,35). The number of rotatable bonds is 29. The Morgan fingerprint density at radius 3 is 1.32 bits per heavy atom. The summed E-state index contributed by atoms with van der Waals surface area (Å²) in [6.45, 7) is 1.08. The molecule has 0 aromatic carbocycles. The quantitative estimate of drug-likeness (QED) is 0.0504. The third-order valence-corrected chi connectivity index (χ3v) is 7.57. The maximum Gasteiger partial charge on any atom is 0.472 e. The van der Waals surface area contributed by atoms with Crippen molar-refractivity contribution in [2.24, 2.45) is 0 Å². The monoisotopic (exact) mass is 596 g/mol. The summed E-state index contributed by atoms with van der Waals surface area (Å²) >= 11 is 0. The van der Waals surface area contributed by atoms with Crippen molar-refractivity contribution in [3.05, 3.63) is 0 Å². The molecule has 0 aliphatic rings. The first-order valence-corrected chi connectivity index (χ1v) is 16.9. The molecule has 0 aromatic heterocycles.